The lowest BCUT2D eigenvalue weighted by Crippen LogP contribution is -2.58. The molecule has 1 aliphatic carbocycles. The molecule has 0 aromatic heterocycles. The highest BCUT2D eigenvalue weighted by molar-refractivity contribution is 8.14. The molecule has 1 amide bonds. The van der Waals surface area contributed by atoms with E-state index in [9.17, 15) is 14.7 Å². The minimum Gasteiger partial charge on any atom is -0.459 e. The van der Waals surface area contributed by atoms with Gasteiger partial charge in [0.15, 0.2) is 5.79 Å². The van der Waals surface area contributed by atoms with Gasteiger partial charge in [0.2, 0.25) is 0 Å². The van der Waals surface area contributed by atoms with E-state index in [0.717, 1.165) is 62.3 Å². The largest absolute Gasteiger partial charge is 0.459 e. The number of carbonyl (C=O) groups excluding carboxylic acids is 2. The van der Waals surface area contributed by atoms with E-state index >= 15 is 0 Å². The van der Waals surface area contributed by atoms with Gasteiger partial charge < -0.3 is 19.9 Å². The van der Waals surface area contributed by atoms with Crippen LogP contribution in [0, 0.1) is 5.92 Å². The van der Waals surface area contributed by atoms with E-state index in [2.05, 4.69) is 24.4 Å². The van der Waals surface area contributed by atoms with Gasteiger partial charge in [-0.3, -0.25) is 4.79 Å². The van der Waals surface area contributed by atoms with Crippen LogP contribution in [0.2, 0.25) is 0 Å². The molecule has 0 aromatic carbocycles. The Morgan fingerprint density at radius 1 is 1.21 bits per heavy atom. The minimum absolute atomic E-state index is 0.149. The molecule has 0 saturated carbocycles. The Balaban J connectivity index is 1.57. The van der Waals surface area contributed by atoms with Gasteiger partial charge in [0.1, 0.15) is 6.10 Å². The monoisotopic (exact) mass is 421 g/mol. The number of thioether (sulfide) groups is 1. The molecule has 0 unspecified atom stereocenters. The standard InChI is InChI=1S/C22H31NO5S/c1-14-5-2-3-6-15-7-4-8-18(15)20(24)27-17-11-16(10-9-14)28-22(26,12-17)19-13-29-21(25)23-19/h2,5,14,16-17,19,26H,3-4,6-13H2,1H3,(H,23,25)/b5-2-/t14-,16-,17-,19+,22-/m1/s1. The number of aliphatic hydroxyl groups is 1. The predicted molar refractivity (Wildman–Crippen MR) is 111 cm³/mol. The summed E-state index contributed by atoms with van der Waals surface area (Å²) in [7, 11) is 0. The third-order valence-corrected chi connectivity index (χ3v) is 7.39. The first kappa shape index (κ1) is 20.9. The second kappa shape index (κ2) is 8.82. The zero-order valence-electron chi connectivity index (χ0n) is 17.0. The Morgan fingerprint density at radius 3 is 2.86 bits per heavy atom. The van der Waals surface area contributed by atoms with Gasteiger partial charge in [-0.15, -0.1) is 0 Å². The zero-order valence-corrected chi connectivity index (χ0v) is 17.8. The van der Waals surface area contributed by atoms with E-state index in [1.165, 1.54) is 5.57 Å². The van der Waals surface area contributed by atoms with Gasteiger partial charge >= 0.3 is 5.97 Å². The van der Waals surface area contributed by atoms with Crippen LogP contribution in [0.5, 0.6) is 0 Å². The summed E-state index contributed by atoms with van der Waals surface area (Å²) in [5.41, 5.74) is 2.06. The lowest BCUT2D eigenvalue weighted by molar-refractivity contribution is -0.283. The van der Waals surface area contributed by atoms with Crippen LogP contribution in [-0.2, 0) is 14.3 Å². The molecule has 3 heterocycles. The molecule has 6 nitrogen and oxygen atoms in total. The van der Waals surface area contributed by atoms with Crippen LogP contribution in [0.4, 0.5) is 4.79 Å². The zero-order chi connectivity index (χ0) is 20.4. The fourth-order valence-corrected chi connectivity index (χ4v) is 5.78. The van der Waals surface area contributed by atoms with Gasteiger partial charge in [-0.1, -0.05) is 36.4 Å². The topological polar surface area (TPSA) is 84.9 Å². The van der Waals surface area contributed by atoms with Gasteiger partial charge in [-0.05, 0) is 50.9 Å². The van der Waals surface area contributed by atoms with E-state index in [1.807, 2.05) is 0 Å². The van der Waals surface area contributed by atoms with Crippen molar-refractivity contribution in [2.75, 3.05) is 5.75 Å². The van der Waals surface area contributed by atoms with Crippen LogP contribution in [0.3, 0.4) is 0 Å². The molecule has 7 heteroatoms. The molecule has 2 bridgehead atoms. The van der Waals surface area contributed by atoms with E-state index in [0.29, 0.717) is 18.1 Å². The molecule has 5 atom stereocenters. The number of nitrogens with one attached hydrogen (secondary N) is 1. The Hall–Kier alpha value is -1.31. The fourth-order valence-electron chi connectivity index (χ4n) is 4.89. The lowest BCUT2D eigenvalue weighted by Gasteiger charge is -2.43. The normalized spacial score (nSPS) is 40.1. The minimum atomic E-state index is -1.50. The highest BCUT2D eigenvalue weighted by atomic mass is 32.2. The van der Waals surface area contributed by atoms with Crippen molar-refractivity contribution < 1.29 is 24.2 Å². The Kier molecular flexibility index (Phi) is 6.37. The SMILES string of the molecule is C[C@@H]1/C=C\CCC2=C(CCC2)C(=O)O[C@@H]2C[C@@H](CC1)O[C@@](O)([C@@H]1CSC(=O)N1)C2. The van der Waals surface area contributed by atoms with Gasteiger partial charge in [-0.2, -0.15) is 0 Å². The molecular weight excluding hydrogens is 390 g/mol. The van der Waals surface area contributed by atoms with Crippen molar-refractivity contribution in [1.82, 2.24) is 5.32 Å². The van der Waals surface area contributed by atoms with E-state index in [4.69, 9.17) is 9.47 Å². The molecule has 2 fully saturated rings. The summed E-state index contributed by atoms with van der Waals surface area (Å²) in [5, 5.41) is 13.9. The van der Waals surface area contributed by atoms with Crippen molar-refractivity contribution in [3.8, 4) is 0 Å². The number of hydrogen-bond acceptors (Lipinski definition) is 6. The summed E-state index contributed by atoms with van der Waals surface area (Å²) >= 11 is 1.15. The number of esters is 1. The molecule has 4 rings (SSSR count). The van der Waals surface area contributed by atoms with Crippen molar-refractivity contribution in [3.63, 3.8) is 0 Å². The van der Waals surface area contributed by atoms with Crippen LogP contribution in [0.15, 0.2) is 23.3 Å². The maximum absolute atomic E-state index is 12.9. The third-order valence-electron chi connectivity index (χ3n) is 6.51. The molecule has 0 aromatic rings. The van der Waals surface area contributed by atoms with E-state index in [-0.39, 0.29) is 23.7 Å². The third kappa shape index (κ3) is 4.89. The first-order chi connectivity index (χ1) is 13.9. The number of hydrogen-bond donors (Lipinski definition) is 2. The van der Waals surface area contributed by atoms with E-state index in [1.54, 1.807) is 0 Å². The smallest absolute Gasteiger partial charge is 0.334 e. The summed E-state index contributed by atoms with van der Waals surface area (Å²) in [5.74, 6) is -0.853. The molecule has 0 spiro atoms. The van der Waals surface area contributed by atoms with Crippen molar-refractivity contribution in [1.29, 1.82) is 0 Å². The summed E-state index contributed by atoms with van der Waals surface area (Å²) in [4.78, 5) is 24.6. The van der Waals surface area contributed by atoms with Crippen molar-refractivity contribution in [3.05, 3.63) is 23.3 Å². The van der Waals surface area contributed by atoms with Crippen LogP contribution in [0.1, 0.15) is 64.7 Å². The predicted octanol–water partition coefficient (Wildman–Crippen LogP) is 3.84. The van der Waals surface area contributed by atoms with Crippen molar-refractivity contribution in [2.45, 2.75) is 88.7 Å². The molecule has 29 heavy (non-hydrogen) atoms. The maximum Gasteiger partial charge on any atom is 0.334 e. The maximum atomic E-state index is 12.9. The Morgan fingerprint density at radius 2 is 2.07 bits per heavy atom. The molecule has 0 radical (unpaired) electrons. The highest BCUT2D eigenvalue weighted by Crippen LogP contribution is 2.38. The summed E-state index contributed by atoms with van der Waals surface area (Å²) in [6, 6.07) is -0.485. The lowest BCUT2D eigenvalue weighted by atomic mass is 9.90. The molecular formula is C22H31NO5S. The second-order valence-corrected chi connectivity index (χ2v) is 9.80. The van der Waals surface area contributed by atoms with Gasteiger partial charge in [0, 0.05) is 24.2 Å². The quantitative estimate of drug-likeness (QED) is 0.494. The number of carbonyl (C=O) groups is 2. The van der Waals surface area contributed by atoms with Crippen molar-refractivity contribution in [2.24, 2.45) is 5.92 Å². The molecule has 160 valence electrons. The Bertz CT molecular complexity index is 720. The van der Waals surface area contributed by atoms with E-state index < -0.39 is 17.9 Å². The first-order valence-electron chi connectivity index (χ1n) is 10.8. The number of ether oxygens (including phenoxy) is 2. The van der Waals surface area contributed by atoms with Gasteiger partial charge in [0.25, 0.3) is 5.24 Å². The van der Waals surface area contributed by atoms with Crippen LogP contribution >= 0.6 is 11.8 Å². The summed E-state index contributed by atoms with van der Waals surface area (Å²) < 4.78 is 12.0. The molecule has 2 N–H and O–H groups in total. The highest BCUT2D eigenvalue weighted by Gasteiger charge is 2.49. The van der Waals surface area contributed by atoms with Gasteiger partial charge in [-0.25, -0.2) is 4.79 Å². The van der Waals surface area contributed by atoms with Crippen LogP contribution < -0.4 is 5.32 Å². The molecule has 4 aliphatic rings. The van der Waals surface area contributed by atoms with Crippen molar-refractivity contribution >= 4 is 23.0 Å². The summed E-state index contributed by atoms with van der Waals surface area (Å²) in [6.07, 6.45) is 11.0. The molecule has 2 saturated heterocycles. The van der Waals surface area contributed by atoms with Crippen LogP contribution in [0.25, 0.3) is 0 Å². The number of allylic oxidation sites excluding steroid dienone is 3. The number of fused-ring (bicyclic) bond motifs is 2. The first-order valence-corrected chi connectivity index (χ1v) is 11.8. The Labute approximate surface area is 176 Å². The average molecular weight is 422 g/mol. The van der Waals surface area contributed by atoms with Crippen LogP contribution in [-0.4, -0.2) is 46.1 Å². The molecule has 3 aliphatic heterocycles. The van der Waals surface area contributed by atoms with Gasteiger partial charge in [0.05, 0.1) is 12.1 Å². The summed E-state index contributed by atoms with van der Waals surface area (Å²) in [6.45, 7) is 2.20. The second-order valence-electron chi connectivity index (χ2n) is 8.80. The number of amides is 1. The average Bonchev–Trinajstić information content (AvgIpc) is 3.32. The fraction of sp³-hybridized carbons (Fsp3) is 0.727. The number of rotatable bonds is 1.